The number of aliphatic carboxylic acids is 1. The van der Waals surface area contributed by atoms with E-state index < -0.39 is 5.97 Å². The van der Waals surface area contributed by atoms with Crippen LogP contribution in [0.4, 0.5) is 0 Å². The minimum atomic E-state index is -0.997. The second-order valence-corrected chi connectivity index (χ2v) is 6.29. The quantitative estimate of drug-likeness (QED) is 0.324. The molecule has 0 saturated heterocycles. The van der Waals surface area contributed by atoms with Crippen molar-refractivity contribution < 1.29 is 24.1 Å². The molecule has 0 aromatic heterocycles. The number of carboxylic acid groups (broad SMARTS) is 1. The van der Waals surface area contributed by atoms with Crippen molar-refractivity contribution in [3.05, 3.63) is 53.6 Å². The molecule has 0 aliphatic heterocycles. The van der Waals surface area contributed by atoms with Crippen LogP contribution in [-0.2, 0) is 4.79 Å². The van der Waals surface area contributed by atoms with Gasteiger partial charge in [-0.25, -0.2) is 4.79 Å². The Labute approximate surface area is 166 Å². The molecule has 0 saturated carbocycles. The topological polar surface area (TPSA) is 65.0 Å². The van der Waals surface area contributed by atoms with Gasteiger partial charge >= 0.3 is 5.97 Å². The molecule has 2 aromatic rings. The van der Waals surface area contributed by atoms with Gasteiger partial charge in [-0.3, -0.25) is 0 Å². The van der Waals surface area contributed by atoms with Gasteiger partial charge in [-0.1, -0.05) is 38.0 Å². The van der Waals surface area contributed by atoms with E-state index >= 15 is 0 Å². The molecule has 0 amide bonds. The van der Waals surface area contributed by atoms with Crippen LogP contribution in [0.5, 0.6) is 17.2 Å². The second-order valence-electron chi connectivity index (χ2n) is 6.29. The van der Waals surface area contributed by atoms with Gasteiger partial charge in [0.25, 0.3) is 0 Å². The monoisotopic (exact) mass is 384 g/mol. The molecule has 2 aromatic carbocycles. The summed E-state index contributed by atoms with van der Waals surface area (Å²) in [6.45, 7) is 5.19. The minimum absolute atomic E-state index is 0.196. The number of benzene rings is 2. The summed E-state index contributed by atoms with van der Waals surface area (Å²) in [6.07, 6.45) is 4.88. The Balaban J connectivity index is 2.29. The largest absolute Gasteiger partial charge is 0.497 e. The van der Waals surface area contributed by atoms with E-state index in [1.807, 2.05) is 25.1 Å². The fourth-order valence-electron chi connectivity index (χ4n) is 2.74. The predicted molar refractivity (Wildman–Crippen MR) is 111 cm³/mol. The third-order valence-corrected chi connectivity index (χ3v) is 4.22. The zero-order valence-electron chi connectivity index (χ0n) is 16.7. The SMILES string of the molecule is CCCCCOc1ccc(/C=C(/C(=O)O)c2ccc(OC)cc2)cc1OCC. The van der Waals surface area contributed by atoms with Crippen molar-refractivity contribution in [1.29, 1.82) is 0 Å². The van der Waals surface area contributed by atoms with Gasteiger partial charge in [0.2, 0.25) is 0 Å². The van der Waals surface area contributed by atoms with Crippen LogP contribution in [0.15, 0.2) is 42.5 Å². The molecule has 0 aliphatic carbocycles. The van der Waals surface area contributed by atoms with Gasteiger partial charge in [0.15, 0.2) is 11.5 Å². The maximum Gasteiger partial charge on any atom is 0.336 e. The third-order valence-electron chi connectivity index (χ3n) is 4.22. The molecule has 0 heterocycles. The molecule has 0 atom stereocenters. The average Bonchev–Trinajstić information content (AvgIpc) is 2.71. The highest BCUT2D eigenvalue weighted by Gasteiger charge is 2.12. The van der Waals surface area contributed by atoms with Crippen molar-refractivity contribution in [2.45, 2.75) is 33.1 Å². The van der Waals surface area contributed by atoms with E-state index in [0.29, 0.717) is 36.0 Å². The molecule has 0 aliphatic rings. The third kappa shape index (κ3) is 6.05. The van der Waals surface area contributed by atoms with Crippen LogP contribution in [0.3, 0.4) is 0 Å². The van der Waals surface area contributed by atoms with Gasteiger partial charge in [0.1, 0.15) is 5.75 Å². The molecule has 5 nitrogen and oxygen atoms in total. The smallest absolute Gasteiger partial charge is 0.336 e. The number of rotatable bonds is 11. The Hall–Kier alpha value is -2.95. The molecule has 1 N–H and O–H groups in total. The van der Waals surface area contributed by atoms with Gasteiger partial charge in [0.05, 0.1) is 25.9 Å². The van der Waals surface area contributed by atoms with E-state index in [1.165, 1.54) is 0 Å². The summed E-state index contributed by atoms with van der Waals surface area (Å²) in [5.74, 6) is 0.975. The lowest BCUT2D eigenvalue weighted by atomic mass is 10.0. The Bertz CT molecular complexity index is 793. The highest BCUT2D eigenvalue weighted by Crippen LogP contribution is 2.31. The fraction of sp³-hybridized carbons (Fsp3) is 0.348. The van der Waals surface area contributed by atoms with Gasteiger partial charge in [-0.05, 0) is 54.8 Å². The van der Waals surface area contributed by atoms with E-state index in [1.54, 1.807) is 37.5 Å². The molecular weight excluding hydrogens is 356 g/mol. The van der Waals surface area contributed by atoms with E-state index in [4.69, 9.17) is 14.2 Å². The van der Waals surface area contributed by atoms with Crippen LogP contribution in [0.2, 0.25) is 0 Å². The first kappa shape index (κ1) is 21.4. The minimum Gasteiger partial charge on any atom is -0.497 e. The van der Waals surface area contributed by atoms with Crippen molar-refractivity contribution in [2.24, 2.45) is 0 Å². The summed E-state index contributed by atoms with van der Waals surface area (Å²) in [6, 6.07) is 12.4. The number of hydrogen-bond donors (Lipinski definition) is 1. The van der Waals surface area contributed by atoms with Gasteiger partial charge < -0.3 is 19.3 Å². The standard InChI is InChI=1S/C23H28O5/c1-4-6-7-14-28-21-13-8-17(16-22(21)27-5-2)15-20(23(24)25)18-9-11-19(26-3)12-10-18/h8-13,15-16H,4-7,14H2,1-3H3,(H,24,25)/b20-15+. The average molecular weight is 384 g/mol. The van der Waals surface area contributed by atoms with Gasteiger partial charge in [-0.2, -0.15) is 0 Å². The van der Waals surface area contributed by atoms with E-state index in [-0.39, 0.29) is 5.57 Å². The molecule has 0 radical (unpaired) electrons. The summed E-state index contributed by atoms with van der Waals surface area (Å²) >= 11 is 0. The zero-order valence-corrected chi connectivity index (χ0v) is 16.7. The lowest BCUT2D eigenvalue weighted by Gasteiger charge is -2.13. The van der Waals surface area contributed by atoms with Crippen molar-refractivity contribution >= 4 is 17.6 Å². The van der Waals surface area contributed by atoms with Crippen LogP contribution in [0.1, 0.15) is 44.2 Å². The predicted octanol–water partition coefficient (Wildman–Crippen LogP) is 5.29. The molecule has 0 spiro atoms. The number of ether oxygens (including phenoxy) is 3. The number of carboxylic acids is 1. The number of hydrogen-bond acceptors (Lipinski definition) is 4. The van der Waals surface area contributed by atoms with Crippen molar-refractivity contribution in [3.8, 4) is 17.2 Å². The fourth-order valence-corrected chi connectivity index (χ4v) is 2.74. The first-order valence-corrected chi connectivity index (χ1v) is 9.58. The normalized spacial score (nSPS) is 11.2. The van der Waals surface area contributed by atoms with Crippen molar-refractivity contribution in [1.82, 2.24) is 0 Å². The second kappa shape index (κ2) is 11.0. The summed E-state index contributed by atoms with van der Waals surface area (Å²) in [7, 11) is 1.57. The molecule has 0 fully saturated rings. The summed E-state index contributed by atoms with van der Waals surface area (Å²) in [4.78, 5) is 11.8. The van der Waals surface area contributed by atoms with Crippen molar-refractivity contribution in [3.63, 3.8) is 0 Å². The van der Waals surface area contributed by atoms with Crippen LogP contribution in [0.25, 0.3) is 11.6 Å². The highest BCUT2D eigenvalue weighted by molar-refractivity contribution is 6.20. The lowest BCUT2D eigenvalue weighted by molar-refractivity contribution is -0.130. The molecule has 0 bridgehead atoms. The van der Waals surface area contributed by atoms with Crippen LogP contribution < -0.4 is 14.2 Å². The van der Waals surface area contributed by atoms with Crippen LogP contribution >= 0.6 is 0 Å². The molecule has 28 heavy (non-hydrogen) atoms. The maximum absolute atomic E-state index is 11.8. The van der Waals surface area contributed by atoms with Gasteiger partial charge in [0, 0.05) is 0 Å². The van der Waals surface area contributed by atoms with Crippen LogP contribution in [-0.4, -0.2) is 31.4 Å². The highest BCUT2D eigenvalue weighted by atomic mass is 16.5. The van der Waals surface area contributed by atoms with E-state index in [9.17, 15) is 9.90 Å². The molecule has 2 rings (SSSR count). The summed E-state index contributed by atoms with van der Waals surface area (Å²) < 4.78 is 16.7. The zero-order chi connectivity index (χ0) is 20.4. The van der Waals surface area contributed by atoms with E-state index in [0.717, 1.165) is 24.8 Å². The summed E-state index contributed by atoms with van der Waals surface area (Å²) in [5, 5.41) is 9.65. The van der Waals surface area contributed by atoms with Crippen LogP contribution in [0, 0.1) is 0 Å². The molecule has 5 heteroatoms. The first-order chi connectivity index (χ1) is 13.6. The first-order valence-electron chi connectivity index (χ1n) is 9.58. The van der Waals surface area contributed by atoms with Gasteiger partial charge in [-0.15, -0.1) is 0 Å². The Morgan fingerprint density at radius 2 is 1.75 bits per heavy atom. The maximum atomic E-state index is 11.8. The number of methoxy groups -OCH3 is 1. The van der Waals surface area contributed by atoms with Crippen molar-refractivity contribution in [2.75, 3.05) is 20.3 Å². The molecule has 150 valence electrons. The Morgan fingerprint density at radius 1 is 1.00 bits per heavy atom. The Kier molecular flexibility index (Phi) is 8.40. The number of unbranched alkanes of at least 4 members (excludes halogenated alkanes) is 2. The van der Waals surface area contributed by atoms with E-state index in [2.05, 4.69) is 6.92 Å². The summed E-state index contributed by atoms with van der Waals surface area (Å²) in [5.41, 5.74) is 1.53. The molecule has 0 unspecified atom stereocenters. The molecular formula is C23H28O5. The Morgan fingerprint density at radius 3 is 2.36 bits per heavy atom. The number of carbonyl (C=O) groups is 1. The lowest BCUT2D eigenvalue weighted by Crippen LogP contribution is -2.02.